The number of hydroxylamine groups is 2. The van der Waals surface area contributed by atoms with Crippen LogP contribution >= 0.6 is 0 Å². The zero-order valence-electron chi connectivity index (χ0n) is 14.4. The van der Waals surface area contributed by atoms with Crippen LogP contribution in [-0.2, 0) is 4.74 Å². The van der Waals surface area contributed by atoms with Crippen molar-refractivity contribution in [2.45, 2.75) is 68.8 Å². The lowest BCUT2D eigenvalue weighted by Gasteiger charge is -2.53. The molecular formula is C14H27N7O4. The van der Waals surface area contributed by atoms with Crippen molar-refractivity contribution in [2.24, 2.45) is 22.2 Å². The molecule has 0 aromatic rings. The summed E-state index contributed by atoms with van der Waals surface area (Å²) >= 11 is 0. The van der Waals surface area contributed by atoms with Crippen LogP contribution in [0, 0.1) is 0 Å². The van der Waals surface area contributed by atoms with E-state index in [0.29, 0.717) is 6.42 Å². The highest BCUT2D eigenvalue weighted by atomic mass is 16.5. The van der Waals surface area contributed by atoms with Gasteiger partial charge in [0.1, 0.15) is 24.5 Å². The third-order valence-corrected chi connectivity index (χ3v) is 5.50. The summed E-state index contributed by atoms with van der Waals surface area (Å²) in [5.74, 6) is 0.167. The van der Waals surface area contributed by atoms with Crippen molar-refractivity contribution < 1.29 is 19.8 Å². The van der Waals surface area contributed by atoms with Gasteiger partial charge in [-0.05, 0) is 13.3 Å². The second kappa shape index (κ2) is 5.95. The number of hydrogen-bond donors (Lipinski definition) is 6. The average molecular weight is 357 g/mol. The van der Waals surface area contributed by atoms with E-state index in [-0.39, 0.29) is 18.6 Å². The van der Waals surface area contributed by atoms with E-state index in [9.17, 15) is 15.1 Å². The average Bonchev–Trinajstić information content (AvgIpc) is 2.91. The van der Waals surface area contributed by atoms with E-state index in [1.165, 1.54) is 0 Å². The summed E-state index contributed by atoms with van der Waals surface area (Å²) in [6.07, 6.45) is 0.172. The van der Waals surface area contributed by atoms with Crippen molar-refractivity contribution in [1.29, 1.82) is 0 Å². The number of nitrogens with two attached hydrogens (primary N) is 3. The normalized spacial score (nSPS) is 43.6. The third kappa shape index (κ3) is 2.38. The molecule has 3 aliphatic heterocycles. The first-order chi connectivity index (χ1) is 11.7. The predicted molar refractivity (Wildman–Crippen MR) is 88.0 cm³/mol. The fraction of sp³-hybridized carbons (Fsp3) is 0.857. The molecule has 25 heavy (non-hydrogen) atoms. The Balaban J connectivity index is 2.08. The Morgan fingerprint density at radius 2 is 2.24 bits per heavy atom. The molecule has 11 heteroatoms. The van der Waals surface area contributed by atoms with Gasteiger partial charge in [0, 0.05) is 12.5 Å². The smallest absolute Gasteiger partial charge is 0.404 e. The molecule has 3 aliphatic rings. The minimum Gasteiger partial charge on any atom is -0.447 e. The van der Waals surface area contributed by atoms with Crippen LogP contribution in [0.5, 0.6) is 0 Å². The zero-order chi connectivity index (χ0) is 18.6. The number of hydrogen-bond acceptors (Lipinski definition) is 10. The number of nitrogens with one attached hydrogen (secondary N) is 1. The molecule has 2 saturated heterocycles. The lowest BCUT2D eigenvalue weighted by molar-refractivity contribution is -0.260. The topological polar surface area (TPSA) is 176 Å². The van der Waals surface area contributed by atoms with Gasteiger partial charge in [-0.15, -0.1) is 5.06 Å². The fourth-order valence-electron chi connectivity index (χ4n) is 4.72. The molecule has 6 unspecified atom stereocenters. The van der Waals surface area contributed by atoms with Crippen LogP contribution in [0.4, 0.5) is 4.79 Å². The van der Waals surface area contributed by atoms with E-state index in [2.05, 4.69) is 10.3 Å². The molecule has 142 valence electrons. The molecule has 6 atom stereocenters. The molecule has 0 aliphatic carbocycles. The number of primary amides is 1. The van der Waals surface area contributed by atoms with Crippen molar-refractivity contribution in [3.05, 3.63) is 0 Å². The lowest BCUT2D eigenvalue weighted by atomic mass is 9.80. The van der Waals surface area contributed by atoms with Crippen molar-refractivity contribution in [3.8, 4) is 0 Å². The largest absolute Gasteiger partial charge is 0.447 e. The van der Waals surface area contributed by atoms with Gasteiger partial charge in [0.05, 0.1) is 6.04 Å². The number of rotatable bonds is 4. The van der Waals surface area contributed by atoms with Gasteiger partial charge in [0.15, 0.2) is 11.6 Å². The monoisotopic (exact) mass is 357 g/mol. The second-order valence-electron chi connectivity index (χ2n) is 7.14. The fourth-order valence-corrected chi connectivity index (χ4v) is 4.72. The number of carbonyl (C=O) groups excluding carboxylic acids is 1. The molecule has 1 amide bonds. The maximum Gasteiger partial charge on any atom is 0.404 e. The molecule has 0 radical (unpaired) electrons. The summed E-state index contributed by atoms with van der Waals surface area (Å²) in [5, 5.41) is 26.0. The van der Waals surface area contributed by atoms with Crippen molar-refractivity contribution in [2.75, 3.05) is 6.61 Å². The minimum atomic E-state index is -1.33. The van der Waals surface area contributed by atoms with Gasteiger partial charge in [-0.2, -0.15) is 0 Å². The highest BCUT2D eigenvalue weighted by Crippen LogP contribution is 2.52. The maximum absolute atomic E-state index is 11.3. The number of carbonyl (C=O) groups is 1. The van der Waals surface area contributed by atoms with Gasteiger partial charge in [0.2, 0.25) is 0 Å². The molecule has 11 nitrogen and oxygen atoms in total. The number of nitrogens with zero attached hydrogens (tertiary/aromatic N) is 3. The molecule has 0 saturated carbocycles. The Morgan fingerprint density at radius 1 is 1.56 bits per heavy atom. The number of aliphatic imine (C=N–C) groups is 1. The van der Waals surface area contributed by atoms with Gasteiger partial charge in [-0.3, -0.25) is 5.32 Å². The van der Waals surface area contributed by atoms with E-state index in [1.54, 1.807) is 11.8 Å². The number of guanidine groups is 1. The standard InChI is InChI=1S/C14H27N7O4/c1-3-4-7-5-13(2,23)14-9(19-11(16)21(14)24)8(6-25-12(17)22)18-10(15)20(7)14/h7-9,11,19,23-24H,3-6,16H2,1-2H3,(H2,15,18)(H2,17,22). The van der Waals surface area contributed by atoms with Gasteiger partial charge in [0.25, 0.3) is 0 Å². The summed E-state index contributed by atoms with van der Waals surface area (Å²) in [6, 6.07) is -1.37. The van der Waals surface area contributed by atoms with Crippen molar-refractivity contribution in [3.63, 3.8) is 0 Å². The van der Waals surface area contributed by atoms with Gasteiger partial charge >= 0.3 is 6.09 Å². The van der Waals surface area contributed by atoms with Gasteiger partial charge in [-0.25, -0.2) is 9.79 Å². The van der Waals surface area contributed by atoms with Crippen LogP contribution in [0.1, 0.15) is 33.1 Å². The summed E-state index contributed by atoms with van der Waals surface area (Å²) in [4.78, 5) is 17.2. The van der Waals surface area contributed by atoms with E-state index in [1.807, 2.05) is 6.92 Å². The maximum atomic E-state index is 11.3. The van der Waals surface area contributed by atoms with E-state index in [4.69, 9.17) is 21.9 Å². The van der Waals surface area contributed by atoms with E-state index < -0.39 is 35.7 Å². The van der Waals surface area contributed by atoms with Gasteiger partial charge in [-0.1, -0.05) is 13.3 Å². The Bertz CT molecular complexity index is 586. The quantitative estimate of drug-likeness (QED) is 0.332. The molecule has 9 N–H and O–H groups in total. The molecular weight excluding hydrogens is 330 g/mol. The second-order valence-corrected chi connectivity index (χ2v) is 7.14. The summed E-state index contributed by atoms with van der Waals surface area (Å²) in [7, 11) is 0. The minimum absolute atomic E-state index is 0.106. The molecule has 0 bridgehead atoms. The van der Waals surface area contributed by atoms with Crippen LogP contribution in [0.3, 0.4) is 0 Å². The Hall–Kier alpha value is -1.66. The van der Waals surface area contributed by atoms with Crippen LogP contribution < -0.4 is 22.5 Å². The lowest BCUT2D eigenvalue weighted by Crippen LogP contribution is -2.76. The summed E-state index contributed by atoms with van der Waals surface area (Å²) < 4.78 is 4.89. The first-order valence-corrected chi connectivity index (χ1v) is 8.44. The Morgan fingerprint density at radius 3 is 2.84 bits per heavy atom. The first kappa shape index (κ1) is 18.1. The molecule has 0 aromatic heterocycles. The van der Waals surface area contributed by atoms with Crippen LogP contribution in [0.25, 0.3) is 0 Å². The van der Waals surface area contributed by atoms with Gasteiger partial charge < -0.3 is 37.2 Å². The van der Waals surface area contributed by atoms with Crippen molar-refractivity contribution >= 4 is 12.1 Å². The van der Waals surface area contributed by atoms with Crippen LogP contribution in [-0.4, -0.2) is 74.6 Å². The third-order valence-electron chi connectivity index (χ3n) is 5.50. The van der Waals surface area contributed by atoms with Crippen LogP contribution in [0.2, 0.25) is 0 Å². The number of ether oxygens (including phenoxy) is 1. The Kier molecular flexibility index (Phi) is 4.32. The molecule has 3 rings (SSSR count). The summed E-state index contributed by atoms with van der Waals surface area (Å²) in [6.45, 7) is 3.54. The van der Waals surface area contributed by atoms with E-state index >= 15 is 0 Å². The van der Waals surface area contributed by atoms with Crippen molar-refractivity contribution in [1.82, 2.24) is 15.3 Å². The highest BCUT2D eigenvalue weighted by Gasteiger charge is 2.74. The Labute approximate surface area is 145 Å². The first-order valence-electron chi connectivity index (χ1n) is 8.44. The molecule has 0 aromatic carbocycles. The SMILES string of the molecule is CCCC1CC(C)(O)C23C(NC(N)N2O)C(COC(N)=O)N=C(N)N13. The van der Waals surface area contributed by atoms with E-state index in [0.717, 1.165) is 17.9 Å². The van der Waals surface area contributed by atoms with Crippen LogP contribution in [0.15, 0.2) is 4.99 Å². The number of aliphatic hydroxyl groups is 1. The zero-order valence-corrected chi connectivity index (χ0v) is 14.4. The predicted octanol–water partition coefficient (Wildman–Crippen LogP) is -1.99. The molecule has 2 fully saturated rings. The highest BCUT2D eigenvalue weighted by molar-refractivity contribution is 5.82. The number of amides is 1. The molecule has 3 heterocycles. The molecule has 1 spiro atoms. The summed E-state index contributed by atoms with van der Waals surface area (Å²) in [5.41, 5.74) is 14.6.